The van der Waals surface area contributed by atoms with E-state index >= 15 is 0 Å². The Morgan fingerprint density at radius 2 is 1.56 bits per heavy atom. The smallest absolute Gasteiger partial charge is 1.00 e. The molecule has 0 fully saturated rings. The molecule has 0 saturated carbocycles. The molecule has 0 unspecified atom stereocenters. The summed E-state index contributed by atoms with van der Waals surface area (Å²) in [5.74, 6) is 0. The third-order valence-electron chi connectivity index (χ3n) is 1.03. The van der Waals surface area contributed by atoms with Crippen LogP contribution in [0.2, 0.25) is 4.44 Å². The van der Waals surface area contributed by atoms with Crippen molar-refractivity contribution in [3.8, 4) is 0 Å². The summed E-state index contributed by atoms with van der Waals surface area (Å²) in [5.41, 5.74) is 0. The number of hydrogen-bond donors (Lipinski definition) is 0. The van der Waals surface area contributed by atoms with E-state index in [1.54, 1.807) is 22.5 Å². The summed E-state index contributed by atoms with van der Waals surface area (Å²) < 4.78 is 1.45. The fraction of sp³-hybridized carbons (Fsp3) is 1.00. The predicted molar refractivity (Wildman–Crippen MR) is 34.7 cm³/mol. The standard InChI is InChI=1S/C6H13.2ClH.Sn/c1-3-5-6-4-2;;;/h1,3-6H2,2H3;2*1H;/q;;;+3/p-2. The van der Waals surface area contributed by atoms with Gasteiger partial charge >= 0.3 is 59.6 Å². The maximum atomic E-state index is 2.25. The van der Waals surface area contributed by atoms with E-state index in [-0.39, 0.29) is 24.8 Å². The van der Waals surface area contributed by atoms with Crippen LogP contribution in [0.5, 0.6) is 0 Å². The second-order valence-corrected chi connectivity index (χ2v) is 3.24. The molecule has 9 heavy (non-hydrogen) atoms. The first kappa shape index (κ1) is 16.8. The van der Waals surface area contributed by atoms with Gasteiger partial charge in [-0.3, -0.25) is 0 Å². The number of rotatable bonds is 4. The summed E-state index contributed by atoms with van der Waals surface area (Å²) >= 11 is 1.70. The van der Waals surface area contributed by atoms with E-state index in [0.29, 0.717) is 0 Å². The van der Waals surface area contributed by atoms with Crippen LogP contribution in [-0.2, 0) is 0 Å². The van der Waals surface area contributed by atoms with Crippen LogP contribution in [0, 0.1) is 0 Å². The van der Waals surface area contributed by atoms with Crippen LogP contribution in [0.1, 0.15) is 32.6 Å². The number of unbranched alkanes of at least 4 members (excludes halogenated alkanes) is 3. The van der Waals surface area contributed by atoms with Gasteiger partial charge in [0.2, 0.25) is 0 Å². The molecule has 3 heteroatoms. The monoisotopic (exact) mass is 275 g/mol. The van der Waals surface area contributed by atoms with E-state index in [2.05, 4.69) is 6.92 Å². The molecule has 0 atom stereocenters. The quantitative estimate of drug-likeness (QED) is 0.364. The molecule has 0 nitrogen and oxygen atoms in total. The van der Waals surface area contributed by atoms with Crippen LogP contribution in [0.25, 0.3) is 0 Å². The average molecular weight is 275 g/mol. The first-order valence-electron chi connectivity index (χ1n) is 3.06. The van der Waals surface area contributed by atoms with E-state index in [0.717, 1.165) is 0 Å². The first-order chi connectivity index (χ1) is 3.41. The van der Waals surface area contributed by atoms with Gasteiger partial charge < -0.3 is 24.8 Å². The summed E-state index contributed by atoms with van der Waals surface area (Å²) in [6.45, 7) is 2.25. The van der Waals surface area contributed by atoms with Crippen molar-refractivity contribution in [1.82, 2.24) is 0 Å². The van der Waals surface area contributed by atoms with Gasteiger partial charge in [0.05, 0.1) is 0 Å². The number of hydrogen-bond acceptors (Lipinski definition) is 0. The average Bonchev–Trinajstić information content (AvgIpc) is 1.69. The summed E-state index contributed by atoms with van der Waals surface area (Å²) in [6, 6.07) is 0. The van der Waals surface area contributed by atoms with Crippen molar-refractivity contribution in [3.05, 3.63) is 0 Å². The van der Waals surface area contributed by atoms with Crippen LogP contribution in [0.4, 0.5) is 0 Å². The molecule has 0 N–H and O–H groups in total. The van der Waals surface area contributed by atoms with Crippen molar-refractivity contribution >= 4 is 22.5 Å². The van der Waals surface area contributed by atoms with Crippen molar-refractivity contribution in [1.29, 1.82) is 0 Å². The van der Waals surface area contributed by atoms with Gasteiger partial charge in [-0.15, -0.1) is 0 Å². The van der Waals surface area contributed by atoms with Gasteiger partial charge in [-0.1, -0.05) is 0 Å². The molecule has 0 radical (unpaired) electrons. The maximum absolute atomic E-state index is 2.25. The molecule has 0 aromatic carbocycles. The maximum Gasteiger partial charge on any atom is -1.00 e. The van der Waals surface area contributed by atoms with Crippen molar-refractivity contribution < 1.29 is 24.8 Å². The molecule has 0 amide bonds. The van der Waals surface area contributed by atoms with Gasteiger partial charge in [0.15, 0.2) is 0 Å². The molecular weight excluding hydrogens is 262 g/mol. The van der Waals surface area contributed by atoms with Crippen LogP contribution in [-0.4, -0.2) is 22.5 Å². The van der Waals surface area contributed by atoms with Crippen LogP contribution >= 0.6 is 0 Å². The van der Waals surface area contributed by atoms with Crippen molar-refractivity contribution in [2.45, 2.75) is 37.0 Å². The zero-order valence-corrected chi connectivity index (χ0v) is 10.2. The summed E-state index contributed by atoms with van der Waals surface area (Å²) in [5, 5.41) is 0. The van der Waals surface area contributed by atoms with Gasteiger partial charge in [-0.25, -0.2) is 0 Å². The Hall–Kier alpha value is 1.38. The largest absolute Gasteiger partial charge is 1.00 e. The molecular formula is C6H13Cl2Sn+. The van der Waals surface area contributed by atoms with Gasteiger partial charge in [-0.2, -0.15) is 0 Å². The van der Waals surface area contributed by atoms with Crippen LogP contribution in [0.3, 0.4) is 0 Å². The molecule has 0 saturated heterocycles. The second kappa shape index (κ2) is 16.2. The summed E-state index contributed by atoms with van der Waals surface area (Å²) in [4.78, 5) is 0. The Balaban J connectivity index is -0.000000180. The molecule has 0 aliphatic heterocycles. The van der Waals surface area contributed by atoms with Crippen molar-refractivity contribution in [2.24, 2.45) is 0 Å². The Kier molecular flexibility index (Phi) is 30.1. The van der Waals surface area contributed by atoms with Gasteiger partial charge in [-0.05, 0) is 0 Å². The zero-order valence-electron chi connectivity index (χ0n) is 5.79. The van der Waals surface area contributed by atoms with E-state index in [4.69, 9.17) is 0 Å². The van der Waals surface area contributed by atoms with E-state index in [1.807, 2.05) is 0 Å². The van der Waals surface area contributed by atoms with E-state index in [1.165, 1.54) is 30.1 Å². The van der Waals surface area contributed by atoms with Gasteiger partial charge in [0, 0.05) is 0 Å². The molecule has 0 aliphatic rings. The minimum atomic E-state index is 0. The Morgan fingerprint density at radius 1 is 1.00 bits per heavy atom. The minimum absolute atomic E-state index is 0. The first-order valence-corrected chi connectivity index (χ1v) is 5.08. The second-order valence-electron chi connectivity index (χ2n) is 1.81. The summed E-state index contributed by atoms with van der Waals surface area (Å²) in [7, 11) is 0. The third-order valence-corrected chi connectivity index (χ3v) is 2.04. The van der Waals surface area contributed by atoms with Crippen LogP contribution in [0.15, 0.2) is 0 Å². The van der Waals surface area contributed by atoms with Crippen molar-refractivity contribution in [2.75, 3.05) is 0 Å². The molecule has 0 aromatic heterocycles. The molecule has 0 spiro atoms. The van der Waals surface area contributed by atoms with Gasteiger partial charge in [0.1, 0.15) is 0 Å². The molecule has 0 rings (SSSR count). The third kappa shape index (κ3) is 17.7. The Labute approximate surface area is 84.1 Å². The molecule has 0 aromatic rings. The zero-order chi connectivity index (χ0) is 5.54. The van der Waals surface area contributed by atoms with Gasteiger partial charge in [0.25, 0.3) is 0 Å². The molecule has 0 heterocycles. The minimum Gasteiger partial charge on any atom is -1.00 e. The fourth-order valence-corrected chi connectivity index (χ4v) is 1.27. The number of halogens is 2. The molecule has 54 valence electrons. The predicted octanol–water partition coefficient (Wildman–Crippen LogP) is -3.84. The summed E-state index contributed by atoms with van der Waals surface area (Å²) in [6.07, 6.45) is 5.73. The molecule has 0 bridgehead atoms. The topological polar surface area (TPSA) is 0 Å². The normalized spacial score (nSPS) is 7.44. The van der Waals surface area contributed by atoms with Crippen molar-refractivity contribution in [3.63, 3.8) is 0 Å². The van der Waals surface area contributed by atoms with Crippen LogP contribution < -0.4 is 24.8 Å². The SMILES string of the molecule is CCCCC[CH2][Sn+3].[Cl-].[Cl-]. The van der Waals surface area contributed by atoms with E-state index < -0.39 is 0 Å². The Morgan fingerprint density at radius 3 is 1.89 bits per heavy atom. The fourth-order valence-electron chi connectivity index (χ4n) is 0.552. The van der Waals surface area contributed by atoms with E-state index in [9.17, 15) is 0 Å². The Bertz CT molecular complexity index is 30.2. The molecule has 0 aliphatic carbocycles.